The van der Waals surface area contributed by atoms with Gasteiger partial charge in [0.1, 0.15) is 15.0 Å². The average molecular weight is 315 g/mol. The molecule has 102 valence electrons. The Kier molecular flexibility index (Phi) is 5.67. The summed E-state index contributed by atoms with van der Waals surface area (Å²) >= 11 is 0. The number of rotatable bonds is 4. The van der Waals surface area contributed by atoms with E-state index in [1.54, 1.807) is 0 Å². The molecule has 1 aromatic rings. The fourth-order valence-corrected chi connectivity index (χ4v) is 1.90. The van der Waals surface area contributed by atoms with Gasteiger partial charge in [-0.05, 0) is 6.07 Å². The summed E-state index contributed by atoms with van der Waals surface area (Å²) < 4.78 is 32.3. The van der Waals surface area contributed by atoms with Gasteiger partial charge in [-0.3, -0.25) is 30.3 Å². The number of nitrogens with zero attached hydrogens (tertiary/aromatic N) is 3. The third-order valence-corrected chi connectivity index (χ3v) is 2.79. The molecule has 0 radical (unpaired) electrons. The molecule has 0 unspecified atom stereocenters. The summed E-state index contributed by atoms with van der Waals surface area (Å²) in [5, 5.41) is 31.8. The zero-order chi connectivity index (χ0) is 15.0. The molecule has 0 atom stereocenters. The summed E-state index contributed by atoms with van der Waals surface area (Å²) in [6, 6.07) is 0.627. The van der Waals surface area contributed by atoms with E-state index in [0.717, 1.165) is 0 Å². The van der Waals surface area contributed by atoms with Crippen molar-refractivity contribution in [3.63, 3.8) is 0 Å². The number of hydrogen-bond donors (Lipinski definition) is 0. The molecule has 0 N–H and O–H groups in total. The van der Waals surface area contributed by atoms with Crippen LogP contribution in [0.2, 0.25) is 0 Å². The Hall–Kier alpha value is -1.67. The third kappa shape index (κ3) is 3.45. The van der Waals surface area contributed by atoms with E-state index >= 15 is 0 Å². The first-order valence-corrected chi connectivity index (χ1v) is 5.54. The molecule has 0 aliphatic carbocycles. The maximum Gasteiger partial charge on any atom is 1.00 e. The summed E-state index contributed by atoms with van der Waals surface area (Å²) in [6.45, 7) is 0. The number of nitro benzene ring substituents is 3. The number of nitro groups is 3. The standard InChI is InChI=1S/C6H3N3O9S.Na/c10-7(11)3-1-2-4(19(16,17)18)6(9(14)15)5(3)8(12)13;/h1-2H,(H,16,17,18);/q;+1/p-1. The van der Waals surface area contributed by atoms with Crippen LogP contribution in [0.1, 0.15) is 0 Å². The molecule has 0 aromatic heterocycles. The summed E-state index contributed by atoms with van der Waals surface area (Å²) in [6.07, 6.45) is 0. The molecule has 0 saturated heterocycles. The van der Waals surface area contributed by atoms with E-state index in [1.165, 1.54) is 0 Å². The molecule has 0 bridgehead atoms. The van der Waals surface area contributed by atoms with E-state index in [0.29, 0.717) is 6.07 Å². The zero-order valence-corrected chi connectivity index (χ0v) is 12.4. The van der Waals surface area contributed by atoms with Crippen LogP contribution in [-0.2, 0) is 10.1 Å². The van der Waals surface area contributed by atoms with Gasteiger partial charge >= 0.3 is 46.6 Å². The van der Waals surface area contributed by atoms with Crippen molar-refractivity contribution in [3.05, 3.63) is 42.5 Å². The van der Waals surface area contributed by atoms with Gasteiger partial charge in [0.2, 0.25) is 0 Å². The predicted molar refractivity (Wildman–Crippen MR) is 54.4 cm³/mol. The Bertz CT molecular complexity index is 700. The first-order chi connectivity index (χ1) is 8.57. The molecule has 0 heterocycles. The molecule has 0 spiro atoms. The molecule has 0 saturated carbocycles. The molecular weight excluding hydrogens is 313 g/mol. The molecule has 20 heavy (non-hydrogen) atoms. The van der Waals surface area contributed by atoms with Crippen LogP contribution in [0, 0.1) is 30.3 Å². The van der Waals surface area contributed by atoms with Crippen molar-refractivity contribution in [3.8, 4) is 0 Å². The van der Waals surface area contributed by atoms with Gasteiger partial charge < -0.3 is 4.55 Å². The van der Waals surface area contributed by atoms with Crippen molar-refractivity contribution in [2.24, 2.45) is 0 Å². The van der Waals surface area contributed by atoms with Crippen LogP contribution in [0.4, 0.5) is 17.1 Å². The molecule has 0 amide bonds. The Labute approximate surface area is 131 Å². The van der Waals surface area contributed by atoms with Crippen LogP contribution in [0.5, 0.6) is 0 Å². The van der Waals surface area contributed by atoms with E-state index < -0.39 is 46.8 Å². The second kappa shape index (κ2) is 6.19. The number of benzene rings is 1. The molecule has 1 rings (SSSR count). The predicted octanol–water partition coefficient (Wildman–Crippen LogP) is -2.68. The molecular formula is C6H2N3NaO9S. The van der Waals surface area contributed by atoms with Crippen LogP contribution in [0.25, 0.3) is 0 Å². The van der Waals surface area contributed by atoms with E-state index in [1.807, 2.05) is 0 Å². The van der Waals surface area contributed by atoms with Crippen molar-refractivity contribution < 1.29 is 57.3 Å². The second-order valence-corrected chi connectivity index (χ2v) is 4.35. The van der Waals surface area contributed by atoms with Crippen LogP contribution in [0.3, 0.4) is 0 Å². The van der Waals surface area contributed by atoms with Crippen molar-refractivity contribution in [2.45, 2.75) is 4.90 Å². The SMILES string of the molecule is O=[N+]([O-])c1ccc(S(=O)(=O)[O-])c([N+](=O)[O-])c1[N+](=O)[O-].[Na+]. The van der Waals surface area contributed by atoms with Crippen molar-refractivity contribution >= 4 is 27.2 Å². The van der Waals surface area contributed by atoms with E-state index in [4.69, 9.17) is 0 Å². The largest absolute Gasteiger partial charge is 1.00 e. The van der Waals surface area contributed by atoms with Gasteiger partial charge in [0.25, 0.3) is 0 Å². The molecule has 0 fully saturated rings. The first kappa shape index (κ1) is 18.3. The summed E-state index contributed by atoms with van der Waals surface area (Å²) in [7, 11) is -5.40. The Balaban J connectivity index is 0.00000361. The molecule has 0 aliphatic heterocycles. The van der Waals surface area contributed by atoms with Crippen molar-refractivity contribution in [2.75, 3.05) is 0 Å². The van der Waals surface area contributed by atoms with Gasteiger partial charge in [-0.15, -0.1) is 0 Å². The summed E-state index contributed by atoms with van der Waals surface area (Å²) in [5.74, 6) is 0. The van der Waals surface area contributed by atoms with Gasteiger partial charge in [-0.2, -0.15) is 0 Å². The maximum atomic E-state index is 10.8. The third-order valence-electron chi connectivity index (χ3n) is 1.92. The Morgan fingerprint density at radius 2 is 1.30 bits per heavy atom. The van der Waals surface area contributed by atoms with Gasteiger partial charge in [0.05, 0.1) is 14.8 Å². The quantitative estimate of drug-likeness (QED) is 0.247. The van der Waals surface area contributed by atoms with Crippen LogP contribution >= 0.6 is 0 Å². The average Bonchev–Trinajstić information content (AvgIpc) is 2.25. The smallest absolute Gasteiger partial charge is 0.744 e. The molecule has 12 nitrogen and oxygen atoms in total. The Morgan fingerprint density at radius 3 is 1.60 bits per heavy atom. The molecule has 1 aromatic carbocycles. The fraction of sp³-hybridized carbons (Fsp3) is 0. The summed E-state index contributed by atoms with van der Waals surface area (Å²) in [5.41, 5.74) is -4.68. The van der Waals surface area contributed by atoms with Crippen molar-refractivity contribution in [1.29, 1.82) is 0 Å². The van der Waals surface area contributed by atoms with E-state index in [-0.39, 0.29) is 35.6 Å². The monoisotopic (exact) mass is 315 g/mol. The normalized spacial score (nSPS) is 10.4. The van der Waals surface area contributed by atoms with Gasteiger partial charge in [-0.1, -0.05) is 0 Å². The zero-order valence-electron chi connectivity index (χ0n) is 9.58. The van der Waals surface area contributed by atoms with Gasteiger partial charge in [0, 0.05) is 6.07 Å². The van der Waals surface area contributed by atoms with E-state index in [2.05, 4.69) is 0 Å². The van der Waals surface area contributed by atoms with Gasteiger partial charge in [0.15, 0.2) is 0 Å². The number of hydrogen-bond acceptors (Lipinski definition) is 9. The van der Waals surface area contributed by atoms with Crippen molar-refractivity contribution in [1.82, 2.24) is 0 Å². The summed E-state index contributed by atoms with van der Waals surface area (Å²) in [4.78, 5) is 26.0. The fourth-order valence-electron chi connectivity index (χ4n) is 1.26. The minimum Gasteiger partial charge on any atom is -0.744 e. The van der Waals surface area contributed by atoms with Crippen LogP contribution in [-0.4, -0.2) is 27.7 Å². The molecule has 14 heteroatoms. The minimum absolute atomic E-state index is 0. The maximum absolute atomic E-state index is 10.8. The molecule has 0 aliphatic rings. The minimum atomic E-state index is -5.40. The topological polar surface area (TPSA) is 187 Å². The first-order valence-electron chi connectivity index (χ1n) is 4.13. The van der Waals surface area contributed by atoms with Crippen LogP contribution < -0.4 is 29.6 Å². The van der Waals surface area contributed by atoms with Gasteiger partial charge in [-0.25, -0.2) is 8.42 Å². The second-order valence-electron chi connectivity index (χ2n) is 3.01. The van der Waals surface area contributed by atoms with E-state index in [9.17, 15) is 43.3 Å². The van der Waals surface area contributed by atoms with Crippen LogP contribution in [0.15, 0.2) is 17.0 Å². The Morgan fingerprint density at radius 1 is 0.850 bits per heavy atom.